The van der Waals surface area contributed by atoms with E-state index in [1.165, 1.54) is 43.5 Å². The maximum Gasteiger partial charge on any atom is 0.234 e. The van der Waals surface area contributed by atoms with Crippen molar-refractivity contribution in [2.75, 3.05) is 7.11 Å². The fourth-order valence-corrected chi connectivity index (χ4v) is 2.14. The fraction of sp³-hybridized carbons (Fsp3) is 0.0625. The van der Waals surface area contributed by atoms with Crippen LogP contribution in [0.5, 0.6) is 5.75 Å². The Morgan fingerprint density at radius 3 is 2.71 bits per heavy atom. The molecule has 2 aromatic carbocycles. The van der Waals surface area contributed by atoms with E-state index in [0.29, 0.717) is 11.0 Å². The topological polar surface area (TPSA) is 39.4 Å². The van der Waals surface area contributed by atoms with Crippen LogP contribution >= 0.6 is 0 Å². The third kappa shape index (κ3) is 2.27. The van der Waals surface area contributed by atoms with Gasteiger partial charge in [0.2, 0.25) is 5.78 Å². The number of methoxy groups -OCH3 is 1. The van der Waals surface area contributed by atoms with Crippen molar-refractivity contribution in [1.29, 1.82) is 0 Å². The van der Waals surface area contributed by atoms with Crippen molar-refractivity contribution in [1.82, 2.24) is 0 Å². The summed E-state index contributed by atoms with van der Waals surface area (Å²) in [6, 6.07) is 9.36. The largest absolute Gasteiger partial charge is 0.496 e. The summed E-state index contributed by atoms with van der Waals surface area (Å²) in [5, 5.41) is 0.439. The lowest BCUT2D eigenvalue weighted by Crippen LogP contribution is -2.05. The molecule has 3 rings (SSSR count). The SMILES string of the molecule is COc1cccc(F)c1C(=O)c1cc2cc(F)ccc2o1. The third-order valence-corrected chi connectivity index (χ3v) is 3.12. The van der Waals surface area contributed by atoms with E-state index in [1.54, 1.807) is 0 Å². The summed E-state index contributed by atoms with van der Waals surface area (Å²) in [5.74, 6) is -1.75. The zero-order valence-electron chi connectivity index (χ0n) is 11.0. The van der Waals surface area contributed by atoms with Gasteiger partial charge in [-0.1, -0.05) is 6.07 Å². The Bertz CT molecular complexity index is 837. The first-order valence-corrected chi connectivity index (χ1v) is 6.16. The standard InChI is InChI=1S/C16H10F2O3/c1-20-13-4-2-3-11(18)15(13)16(19)14-8-9-7-10(17)5-6-12(9)21-14/h2-8H,1H3. The molecule has 0 saturated heterocycles. The lowest BCUT2D eigenvalue weighted by Gasteiger charge is -2.06. The number of fused-ring (bicyclic) bond motifs is 1. The molecule has 21 heavy (non-hydrogen) atoms. The van der Waals surface area contributed by atoms with Gasteiger partial charge in [-0.15, -0.1) is 0 Å². The van der Waals surface area contributed by atoms with Crippen LogP contribution in [-0.4, -0.2) is 12.9 Å². The highest BCUT2D eigenvalue weighted by Gasteiger charge is 2.22. The van der Waals surface area contributed by atoms with E-state index < -0.39 is 17.4 Å². The van der Waals surface area contributed by atoms with Gasteiger partial charge in [0.05, 0.1) is 7.11 Å². The number of halogens is 2. The first-order valence-electron chi connectivity index (χ1n) is 6.16. The van der Waals surface area contributed by atoms with Crippen LogP contribution in [-0.2, 0) is 0 Å². The minimum atomic E-state index is -0.703. The van der Waals surface area contributed by atoms with Crippen LogP contribution in [0.4, 0.5) is 8.78 Å². The number of ketones is 1. The Kier molecular flexibility index (Phi) is 3.17. The van der Waals surface area contributed by atoms with Crippen molar-refractivity contribution in [3.63, 3.8) is 0 Å². The Labute approximate surface area is 118 Å². The molecule has 0 amide bonds. The van der Waals surface area contributed by atoms with E-state index in [9.17, 15) is 13.6 Å². The highest BCUT2D eigenvalue weighted by Crippen LogP contribution is 2.27. The van der Waals surface area contributed by atoms with Gasteiger partial charge < -0.3 is 9.15 Å². The van der Waals surface area contributed by atoms with Crippen LogP contribution in [0.1, 0.15) is 16.1 Å². The summed E-state index contributed by atoms with van der Waals surface area (Å²) in [6.45, 7) is 0. The molecule has 1 aromatic heterocycles. The van der Waals surface area contributed by atoms with Gasteiger partial charge in [0.25, 0.3) is 0 Å². The Hall–Kier alpha value is -2.69. The number of rotatable bonds is 3. The number of ether oxygens (including phenoxy) is 1. The monoisotopic (exact) mass is 288 g/mol. The average Bonchev–Trinajstić information content (AvgIpc) is 2.89. The van der Waals surface area contributed by atoms with Crippen LogP contribution in [0.2, 0.25) is 0 Å². The summed E-state index contributed by atoms with van der Waals surface area (Å²) in [7, 11) is 1.35. The molecule has 1 heterocycles. The molecule has 0 aliphatic carbocycles. The number of furan rings is 1. The highest BCUT2D eigenvalue weighted by atomic mass is 19.1. The van der Waals surface area contributed by atoms with Crippen LogP contribution in [0.25, 0.3) is 11.0 Å². The lowest BCUT2D eigenvalue weighted by atomic mass is 10.1. The Morgan fingerprint density at radius 2 is 1.95 bits per heavy atom. The first kappa shape index (κ1) is 13.3. The molecule has 3 nitrogen and oxygen atoms in total. The zero-order valence-corrected chi connectivity index (χ0v) is 11.0. The maximum absolute atomic E-state index is 13.9. The van der Waals surface area contributed by atoms with E-state index in [2.05, 4.69) is 0 Å². The smallest absolute Gasteiger partial charge is 0.234 e. The maximum atomic E-state index is 13.9. The number of carbonyl (C=O) groups excluding carboxylic acids is 1. The second-order valence-electron chi connectivity index (χ2n) is 4.44. The summed E-state index contributed by atoms with van der Waals surface area (Å²) in [4.78, 5) is 12.4. The molecule has 0 radical (unpaired) electrons. The van der Waals surface area contributed by atoms with Gasteiger partial charge in [-0.2, -0.15) is 0 Å². The molecule has 0 aliphatic rings. The molecule has 3 aromatic rings. The molecular formula is C16H10F2O3. The minimum Gasteiger partial charge on any atom is -0.496 e. The van der Waals surface area contributed by atoms with Crippen LogP contribution in [0.3, 0.4) is 0 Å². The van der Waals surface area contributed by atoms with Crippen molar-refractivity contribution in [3.05, 3.63) is 65.4 Å². The van der Waals surface area contributed by atoms with E-state index in [4.69, 9.17) is 9.15 Å². The third-order valence-electron chi connectivity index (χ3n) is 3.12. The summed E-state index contributed by atoms with van der Waals surface area (Å²) in [6.07, 6.45) is 0. The van der Waals surface area contributed by atoms with Crippen molar-refractivity contribution in [2.45, 2.75) is 0 Å². The summed E-state index contributed by atoms with van der Waals surface area (Å²) < 4.78 is 37.4. The molecule has 0 aliphatic heterocycles. The fourth-order valence-electron chi connectivity index (χ4n) is 2.14. The van der Waals surface area contributed by atoms with E-state index in [1.807, 2.05) is 0 Å². The second-order valence-corrected chi connectivity index (χ2v) is 4.44. The van der Waals surface area contributed by atoms with Crippen molar-refractivity contribution < 1.29 is 22.7 Å². The van der Waals surface area contributed by atoms with Crippen molar-refractivity contribution >= 4 is 16.8 Å². The van der Waals surface area contributed by atoms with Gasteiger partial charge in [0, 0.05) is 5.39 Å². The second kappa shape index (κ2) is 5.01. The van der Waals surface area contributed by atoms with Crippen molar-refractivity contribution in [3.8, 4) is 5.75 Å². The highest BCUT2D eigenvalue weighted by molar-refractivity contribution is 6.10. The van der Waals surface area contributed by atoms with Gasteiger partial charge in [0.15, 0.2) is 5.76 Å². The molecule has 0 bridgehead atoms. The summed E-state index contributed by atoms with van der Waals surface area (Å²) >= 11 is 0. The normalized spacial score (nSPS) is 10.8. The predicted molar refractivity (Wildman–Crippen MR) is 72.6 cm³/mol. The molecule has 0 spiro atoms. The van der Waals surface area contributed by atoms with Gasteiger partial charge in [0.1, 0.15) is 28.5 Å². The molecular weight excluding hydrogens is 278 g/mol. The van der Waals surface area contributed by atoms with Gasteiger partial charge in [-0.25, -0.2) is 8.78 Å². The Morgan fingerprint density at radius 1 is 1.14 bits per heavy atom. The molecule has 0 saturated carbocycles. The molecule has 0 atom stereocenters. The van der Waals surface area contributed by atoms with Gasteiger partial charge in [-0.3, -0.25) is 4.79 Å². The number of carbonyl (C=O) groups is 1. The Balaban J connectivity index is 2.12. The average molecular weight is 288 g/mol. The van der Waals surface area contributed by atoms with E-state index in [-0.39, 0.29) is 17.1 Å². The van der Waals surface area contributed by atoms with Crippen LogP contribution in [0, 0.1) is 11.6 Å². The summed E-state index contributed by atoms with van der Waals surface area (Å²) in [5.41, 5.74) is 0.148. The lowest BCUT2D eigenvalue weighted by molar-refractivity contribution is 0.100. The van der Waals surface area contributed by atoms with Gasteiger partial charge >= 0.3 is 0 Å². The number of benzene rings is 2. The van der Waals surface area contributed by atoms with Crippen LogP contribution in [0.15, 0.2) is 46.9 Å². The number of hydrogen-bond donors (Lipinski definition) is 0. The first-order chi connectivity index (χ1) is 10.1. The van der Waals surface area contributed by atoms with E-state index in [0.717, 1.165) is 6.07 Å². The van der Waals surface area contributed by atoms with Gasteiger partial charge in [-0.05, 0) is 36.4 Å². The minimum absolute atomic E-state index is 0.0704. The predicted octanol–water partition coefficient (Wildman–Crippen LogP) is 3.95. The van der Waals surface area contributed by atoms with Crippen molar-refractivity contribution in [2.24, 2.45) is 0 Å². The van der Waals surface area contributed by atoms with E-state index >= 15 is 0 Å². The molecule has 5 heteroatoms. The zero-order chi connectivity index (χ0) is 15.0. The van der Waals surface area contributed by atoms with Crippen LogP contribution < -0.4 is 4.74 Å². The molecule has 0 N–H and O–H groups in total. The molecule has 0 fully saturated rings. The number of hydrogen-bond acceptors (Lipinski definition) is 3. The molecule has 0 unspecified atom stereocenters. The molecule has 106 valence electrons. The quantitative estimate of drug-likeness (QED) is 0.685.